The van der Waals surface area contributed by atoms with Crippen LogP contribution in [0.2, 0.25) is 0 Å². The van der Waals surface area contributed by atoms with E-state index in [-0.39, 0.29) is 11.2 Å². The first-order chi connectivity index (χ1) is 23.3. The van der Waals surface area contributed by atoms with Crippen LogP contribution in [0.15, 0.2) is 146 Å². The van der Waals surface area contributed by atoms with Crippen LogP contribution in [0.3, 0.4) is 0 Å². The van der Waals surface area contributed by atoms with Crippen LogP contribution in [0.25, 0.3) is 72.8 Å². The molecule has 6 aromatic carbocycles. The van der Waals surface area contributed by atoms with E-state index in [2.05, 4.69) is 86.0 Å². The Bertz CT molecular complexity index is 2370. The predicted octanol–water partition coefficient (Wildman–Crippen LogP) is 11.1. The van der Waals surface area contributed by atoms with Gasteiger partial charge in [-0.1, -0.05) is 124 Å². The molecule has 0 spiro atoms. The molecule has 4 nitrogen and oxygen atoms in total. The molecule has 2 aromatic heterocycles. The number of rotatable bonds is 5. The summed E-state index contributed by atoms with van der Waals surface area (Å²) in [5.41, 5.74) is 8.92. The smallest absolute Gasteiger partial charge is 0.164 e. The Kier molecular flexibility index (Phi) is 7.18. The lowest BCUT2D eigenvalue weighted by atomic mass is 9.86. The molecule has 0 N–H and O–H groups in total. The number of aromatic nitrogens is 4. The van der Waals surface area contributed by atoms with Crippen LogP contribution >= 0.6 is 0 Å². The highest BCUT2D eigenvalue weighted by Crippen LogP contribution is 2.39. The number of hydrogen-bond acceptors (Lipinski definition) is 3. The van der Waals surface area contributed by atoms with Crippen molar-refractivity contribution in [3.05, 3.63) is 157 Å². The van der Waals surface area contributed by atoms with E-state index in [4.69, 9.17) is 15.0 Å². The van der Waals surface area contributed by atoms with Crippen molar-refractivity contribution in [2.75, 3.05) is 0 Å². The molecule has 0 bridgehead atoms. The molecule has 0 aliphatic rings. The van der Waals surface area contributed by atoms with Crippen LogP contribution in [0, 0.1) is 5.82 Å². The van der Waals surface area contributed by atoms with Gasteiger partial charge in [-0.15, -0.1) is 0 Å². The maximum atomic E-state index is 14.1. The van der Waals surface area contributed by atoms with Crippen LogP contribution < -0.4 is 0 Å². The lowest BCUT2D eigenvalue weighted by molar-refractivity contribution is 0.591. The Morgan fingerprint density at radius 1 is 0.479 bits per heavy atom. The summed E-state index contributed by atoms with van der Waals surface area (Å²) in [6.07, 6.45) is 0. The average Bonchev–Trinajstić information content (AvgIpc) is 3.46. The van der Waals surface area contributed by atoms with Gasteiger partial charge >= 0.3 is 0 Å². The van der Waals surface area contributed by atoms with Gasteiger partial charge in [0.1, 0.15) is 5.82 Å². The van der Waals surface area contributed by atoms with Crippen molar-refractivity contribution < 1.29 is 4.39 Å². The second kappa shape index (κ2) is 11.7. The maximum absolute atomic E-state index is 14.1. The Morgan fingerprint density at radius 2 is 1.06 bits per heavy atom. The Balaban J connectivity index is 1.41. The lowest BCUT2D eigenvalue weighted by Crippen LogP contribution is -2.10. The topological polar surface area (TPSA) is 43.6 Å². The van der Waals surface area contributed by atoms with Crippen molar-refractivity contribution in [2.45, 2.75) is 26.2 Å². The number of halogens is 1. The molecule has 0 aliphatic carbocycles. The first-order valence-electron chi connectivity index (χ1n) is 16.1. The van der Waals surface area contributed by atoms with Gasteiger partial charge < -0.3 is 4.57 Å². The van der Waals surface area contributed by atoms with Crippen LogP contribution in [0.1, 0.15) is 26.3 Å². The zero-order chi connectivity index (χ0) is 32.8. The summed E-state index contributed by atoms with van der Waals surface area (Å²) in [5.74, 6) is 1.43. The van der Waals surface area contributed by atoms with Gasteiger partial charge in [-0.3, -0.25) is 0 Å². The monoisotopic (exact) mass is 624 g/mol. The molecule has 0 fully saturated rings. The summed E-state index contributed by atoms with van der Waals surface area (Å²) in [6.45, 7) is 6.74. The van der Waals surface area contributed by atoms with E-state index in [9.17, 15) is 4.39 Å². The van der Waals surface area contributed by atoms with E-state index in [0.717, 1.165) is 44.5 Å². The van der Waals surface area contributed by atoms with Gasteiger partial charge in [0.05, 0.1) is 11.0 Å². The van der Waals surface area contributed by atoms with Gasteiger partial charge in [-0.25, -0.2) is 19.3 Å². The number of nitrogens with zero attached hydrogens (tertiary/aromatic N) is 4. The predicted molar refractivity (Wildman–Crippen MR) is 195 cm³/mol. The van der Waals surface area contributed by atoms with Crippen LogP contribution in [-0.4, -0.2) is 19.5 Å². The molecule has 0 amide bonds. The molecular weight excluding hydrogens is 591 g/mol. The molecule has 0 radical (unpaired) electrons. The molecule has 0 saturated carbocycles. The number of para-hydroxylation sites is 1. The number of hydrogen-bond donors (Lipinski definition) is 0. The van der Waals surface area contributed by atoms with E-state index in [1.807, 2.05) is 60.7 Å². The quantitative estimate of drug-likeness (QED) is 0.191. The zero-order valence-corrected chi connectivity index (χ0v) is 27.0. The fourth-order valence-electron chi connectivity index (χ4n) is 6.38. The van der Waals surface area contributed by atoms with Gasteiger partial charge in [-0.2, -0.15) is 0 Å². The van der Waals surface area contributed by atoms with Crippen molar-refractivity contribution in [3.63, 3.8) is 0 Å². The molecule has 232 valence electrons. The molecule has 48 heavy (non-hydrogen) atoms. The standard InChI is InChI=1S/C43H33FN4/c1-43(2,3)31-20-25-39-36(26-31)35-16-10-11-17-38(35)48(39)33-23-24-34(28-18-21-32(44)22-19-28)37(27-33)42-46-40(29-12-6-4-7-13-29)45-41(47-42)30-14-8-5-9-15-30/h4-27H,1-3H3. The number of benzene rings is 6. The van der Waals surface area contributed by atoms with E-state index in [0.29, 0.717) is 17.5 Å². The van der Waals surface area contributed by atoms with Gasteiger partial charge in [0.2, 0.25) is 0 Å². The summed E-state index contributed by atoms with van der Waals surface area (Å²) in [4.78, 5) is 15.1. The van der Waals surface area contributed by atoms with E-state index >= 15 is 0 Å². The summed E-state index contributed by atoms with van der Waals surface area (Å²) in [7, 11) is 0. The second-order valence-corrected chi connectivity index (χ2v) is 13.1. The highest BCUT2D eigenvalue weighted by Gasteiger charge is 2.21. The third-order valence-electron chi connectivity index (χ3n) is 8.90. The lowest BCUT2D eigenvalue weighted by Gasteiger charge is -2.19. The second-order valence-electron chi connectivity index (χ2n) is 13.1. The summed E-state index contributed by atoms with van der Waals surface area (Å²) < 4.78 is 16.4. The third kappa shape index (κ3) is 5.33. The van der Waals surface area contributed by atoms with Crippen molar-refractivity contribution in [1.29, 1.82) is 0 Å². The van der Waals surface area contributed by atoms with Crippen molar-refractivity contribution in [1.82, 2.24) is 19.5 Å². The average molecular weight is 625 g/mol. The third-order valence-corrected chi connectivity index (χ3v) is 8.90. The SMILES string of the molecule is CC(C)(C)c1ccc2c(c1)c1ccccc1n2-c1ccc(-c2ccc(F)cc2)c(-c2nc(-c3ccccc3)nc(-c3ccccc3)n2)c1. The van der Waals surface area contributed by atoms with Crippen LogP contribution in [0.5, 0.6) is 0 Å². The molecular formula is C43H33FN4. The Hall–Kier alpha value is -5.94. The highest BCUT2D eigenvalue weighted by atomic mass is 19.1. The van der Waals surface area contributed by atoms with Crippen molar-refractivity contribution >= 4 is 21.8 Å². The van der Waals surface area contributed by atoms with E-state index in [1.54, 1.807) is 12.1 Å². The molecule has 0 atom stereocenters. The summed E-state index contributed by atoms with van der Waals surface area (Å²) in [5, 5.41) is 2.40. The molecule has 8 rings (SSSR count). The molecule has 2 heterocycles. The van der Waals surface area contributed by atoms with Crippen LogP contribution in [0.4, 0.5) is 4.39 Å². The highest BCUT2D eigenvalue weighted by molar-refractivity contribution is 6.09. The van der Waals surface area contributed by atoms with Gasteiger partial charge in [-0.05, 0) is 64.6 Å². The maximum Gasteiger partial charge on any atom is 0.164 e. The summed E-state index contributed by atoms with van der Waals surface area (Å²) in [6, 6.07) is 48.2. The Morgan fingerprint density at radius 3 is 1.71 bits per heavy atom. The van der Waals surface area contributed by atoms with Crippen molar-refractivity contribution in [2.24, 2.45) is 0 Å². The minimum Gasteiger partial charge on any atom is -0.309 e. The molecule has 5 heteroatoms. The molecule has 0 saturated heterocycles. The van der Waals surface area contributed by atoms with Gasteiger partial charge in [0.25, 0.3) is 0 Å². The largest absolute Gasteiger partial charge is 0.309 e. The van der Waals surface area contributed by atoms with E-state index < -0.39 is 0 Å². The normalized spacial score (nSPS) is 11.8. The number of fused-ring (bicyclic) bond motifs is 3. The zero-order valence-electron chi connectivity index (χ0n) is 27.0. The molecule has 8 aromatic rings. The fraction of sp³-hybridized carbons (Fsp3) is 0.0930. The molecule has 0 aliphatic heterocycles. The first-order valence-corrected chi connectivity index (χ1v) is 16.1. The van der Waals surface area contributed by atoms with Gasteiger partial charge in [0.15, 0.2) is 17.5 Å². The van der Waals surface area contributed by atoms with Crippen molar-refractivity contribution in [3.8, 4) is 51.0 Å². The summed E-state index contributed by atoms with van der Waals surface area (Å²) >= 11 is 0. The minimum absolute atomic E-state index is 0.0208. The first kappa shape index (κ1) is 29.5. The van der Waals surface area contributed by atoms with Gasteiger partial charge in [0, 0.05) is 33.2 Å². The molecule has 0 unspecified atom stereocenters. The minimum atomic E-state index is -0.283. The van der Waals surface area contributed by atoms with Crippen LogP contribution in [-0.2, 0) is 5.41 Å². The Labute approximate surface area is 279 Å². The van der Waals surface area contributed by atoms with E-state index in [1.165, 1.54) is 28.5 Å². The fourth-order valence-corrected chi connectivity index (χ4v) is 6.38.